The zero-order valence-electron chi connectivity index (χ0n) is 41.1. The van der Waals surface area contributed by atoms with E-state index in [0.29, 0.717) is 83.5 Å². The summed E-state index contributed by atoms with van der Waals surface area (Å²) in [6.45, 7) is 20.6. The van der Waals surface area contributed by atoms with Gasteiger partial charge in [-0.25, -0.2) is 0 Å². The van der Waals surface area contributed by atoms with E-state index in [-0.39, 0.29) is 46.8 Å². The maximum atomic E-state index is 13.5. The Kier molecular flexibility index (Phi) is 19.5. The largest absolute Gasteiger partial charge is 0.301 e. The van der Waals surface area contributed by atoms with Gasteiger partial charge in [-0.3, -0.25) is 58.8 Å². The predicted molar refractivity (Wildman–Crippen MR) is 262 cm³/mol. The van der Waals surface area contributed by atoms with Gasteiger partial charge in [0.15, 0.2) is 23.1 Å². The first-order valence-corrected chi connectivity index (χ1v) is 23.9. The minimum Gasteiger partial charge on any atom is -0.301 e. The summed E-state index contributed by atoms with van der Waals surface area (Å²) in [6.07, 6.45) is 2.71. The van der Waals surface area contributed by atoms with Crippen LogP contribution in [0.3, 0.4) is 0 Å². The highest BCUT2D eigenvalue weighted by atomic mass is 16.2. The molecular formula is C54H67N5O8. The van der Waals surface area contributed by atoms with Gasteiger partial charge in [0, 0.05) is 62.5 Å². The quantitative estimate of drug-likeness (QED) is 0.0878. The van der Waals surface area contributed by atoms with Crippen LogP contribution in [-0.4, -0.2) is 120 Å². The van der Waals surface area contributed by atoms with Crippen LogP contribution in [0.15, 0.2) is 72.8 Å². The summed E-state index contributed by atoms with van der Waals surface area (Å²) in [5.41, 5.74) is 6.12. The van der Waals surface area contributed by atoms with Crippen molar-refractivity contribution >= 4 is 46.8 Å². The van der Waals surface area contributed by atoms with Crippen LogP contribution in [-0.2, 0) is 12.8 Å². The monoisotopic (exact) mass is 913 g/mol. The van der Waals surface area contributed by atoms with E-state index in [0.717, 1.165) is 51.4 Å². The molecule has 0 saturated carbocycles. The second-order valence-corrected chi connectivity index (χ2v) is 15.6. The number of hydrogen-bond donors (Lipinski definition) is 2. The Morgan fingerprint density at radius 1 is 0.418 bits per heavy atom. The fraction of sp³-hybridized carbons (Fsp3) is 0.407. The highest BCUT2D eigenvalue weighted by Crippen LogP contribution is 2.29. The summed E-state index contributed by atoms with van der Waals surface area (Å²) in [4.78, 5) is 108. The number of rotatable bonds is 15. The molecule has 67 heavy (non-hydrogen) atoms. The maximum absolute atomic E-state index is 13.5. The number of ketones is 4. The fourth-order valence-corrected chi connectivity index (χ4v) is 8.43. The third-order valence-electron chi connectivity index (χ3n) is 11.8. The molecule has 2 N–H and O–H groups in total. The molecule has 4 aliphatic rings. The third-order valence-corrected chi connectivity index (χ3v) is 11.8. The molecule has 4 aromatic rings. The molecule has 0 spiro atoms. The average molecular weight is 914 g/mol. The average Bonchev–Trinajstić information content (AvgIpc) is 3.92. The molecule has 356 valence electrons. The van der Waals surface area contributed by atoms with E-state index >= 15 is 0 Å². The zero-order valence-corrected chi connectivity index (χ0v) is 41.1. The number of carbonyl (C=O) groups is 8. The van der Waals surface area contributed by atoms with Gasteiger partial charge in [-0.15, -0.1) is 0 Å². The Morgan fingerprint density at radius 3 is 1.06 bits per heavy atom. The normalized spacial score (nSPS) is 16.4. The Hall–Kier alpha value is -6.28. The number of hydrogen-bond acceptors (Lipinski definition) is 11. The van der Waals surface area contributed by atoms with Crippen molar-refractivity contribution in [3.63, 3.8) is 0 Å². The predicted octanol–water partition coefficient (Wildman–Crippen LogP) is 7.90. The lowest BCUT2D eigenvalue weighted by molar-refractivity contribution is 0.0677. The summed E-state index contributed by atoms with van der Waals surface area (Å²) >= 11 is 0. The molecule has 2 heterocycles. The van der Waals surface area contributed by atoms with Gasteiger partial charge in [-0.1, -0.05) is 105 Å². The molecule has 8 rings (SSSR count). The highest BCUT2D eigenvalue weighted by Gasteiger charge is 2.40. The summed E-state index contributed by atoms with van der Waals surface area (Å²) in [5, 5.41) is 6.33. The molecule has 0 fully saturated rings. The molecule has 13 nitrogen and oxygen atoms in total. The van der Waals surface area contributed by atoms with Crippen molar-refractivity contribution in [3.05, 3.63) is 140 Å². The number of benzene rings is 4. The minimum absolute atomic E-state index is 0.282. The van der Waals surface area contributed by atoms with E-state index < -0.39 is 12.1 Å². The van der Waals surface area contributed by atoms with Gasteiger partial charge in [0.1, 0.15) is 12.1 Å². The number of amides is 4. The molecule has 0 bridgehead atoms. The number of nitrogens with one attached hydrogen (secondary N) is 2. The van der Waals surface area contributed by atoms with Gasteiger partial charge in [0.05, 0.1) is 22.3 Å². The lowest BCUT2D eigenvalue weighted by Crippen LogP contribution is -2.46. The molecule has 0 saturated heterocycles. The van der Waals surface area contributed by atoms with Gasteiger partial charge in [-0.05, 0) is 84.5 Å². The van der Waals surface area contributed by atoms with E-state index in [9.17, 15) is 38.4 Å². The van der Waals surface area contributed by atoms with Gasteiger partial charge in [0.25, 0.3) is 23.6 Å². The van der Waals surface area contributed by atoms with Crippen LogP contribution in [0, 0.1) is 0 Å². The summed E-state index contributed by atoms with van der Waals surface area (Å²) in [7, 11) is 2.90. The third kappa shape index (κ3) is 11.1. The van der Waals surface area contributed by atoms with Gasteiger partial charge >= 0.3 is 0 Å². The number of imide groups is 2. The van der Waals surface area contributed by atoms with E-state index in [1.54, 1.807) is 72.8 Å². The summed E-state index contributed by atoms with van der Waals surface area (Å²) < 4.78 is 0. The highest BCUT2D eigenvalue weighted by molar-refractivity contribution is 6.30. The first-order valence-electron chi connectivity index (χ1n) is 23.9. The molecule has 4 aromatic carbocycles. The molecule has 13 heteroatoms. The molecule has 2 unspecified atom stereocenters. The van der Waals surface area contributed by atoms with Crippen LogP contribution >= 0.6 is 0 Å². The topological polar surface area (TPSA) is 170 Å². The van der Waals surface area contributed by atoms with E-state index in [4.69, 9.17) is 0 Å². The van der Waals surface area contributed by atoms with Crippen LogP contribution in [0.25, 0.3) is 0 Å². The molecule has 4 amide bonds. The number of unbranched alkanes of at least 4 members (excludes halogenated alkanes) is 1. The Bertz CT molecular complexity index is 2360. The van der Waals surface area contributed by atoms with Crippen molar-refractivity contribution in [2.75, 3.05) is 46.8 Å². The number of carbonyl (C=O) groups excluding carboxylic acids is 8. The van der Waals surface area contributed by atoms with Crippen molar-refractivity contribution in [2.45, 2.75) is 100 Å². The number of nitrogens with zero attached hydrogens (tertiary/aromatic N) is 3. The number of Topliss-reactive ketones (excluding diaryl/α,β-unsaturated/α-hetero) is 4. The maximum Gasteiger partial charge on any atom is 0.261 e. The first-order chi connectivity index (χ1) is 32.4. The smallest absolute Gasteiger partial charge is 0.261 e. The van der Waals surface area contributed by atoms with Crippen LogP contribution in [0.4, 0.5) is 0 Å². The molecule has 2 aliphatic heterocycles. The molecule has 0 aromatic heterocycles. The Morgan fingerprint density at radius 2 is 0.716 bits per heavy atom. The Labute approximate surface area is 395 Å². The van der Waals surface area contributed by atoms with Crippen molar-refractivity contribution in [1.29, 1.82) is 0 Å². The molecule has 2 atom stereocenters. The van der Waals surface area contributed by atoms with E-state index in [1.165, 1.54) is 14.1 Å². The SMILES string of the molecule is CC.CC.CC.CC.CCCCN(CCNC1C(=O)c2ccc(Cc3ccc4c(c3)C(=O)N(C)C4=O)cc2C1=O)CCNC1C(=O)c2ccc(Cc3ccc4c(c3)C(=O)N(C)C4=O)cc2C1=O. The van der Waals surface area contributed by atoms with Crippen LogP contribution in [0.1, 0.15) is 180 Å². The lowest BCUT2D eigenvalue weighted by atomic mass is 9.97. The van der Waals surface area contributed by atoms with Crippen LogP contribution in [0.5, 0.6) is 0 Å². The van der Waals surface area contributed by atoms with Gasteiger partial charge < -0.3 is 4.90 Å². The van der Waals surface area contributed by atoms with Crippen molar-refractivity contribution in [2.24, 2.45) is 0 Å². The standard InChI is InChI=1S/C46H43N5O8.4C2H6/c1-4-5-16-51(17-14-47-37-39(52)29-10-6-25(21-33(29)41(37)54)19-27-8-12-31-35(23-27)45(58)49(2)43(31)56)18-15-48-38-40(53)30-11-7-26(22-34(30)42(38)55)20-28-9-13-32-36(24-28)46(59)50(3)44(32)57;4*1-2/h6-13,21-24,37-38,47-48H,4-5,14-20H2,1-3H3;4*1-2H3. The van der Waals surface area contributed by atoms with Crippen molar-refractivity contribution < 1.29 is 38.4 Å². The minimum atomic E-state index is -1.00. The summed E-state index contributed by atoms with van der Waals surface area (Å²) in [6, 6.07) is 18.7. The Balaban J connectivity index is 0.00000116. The second-order valence-electron chi connectivity index (χ2n) is 15.6. The van der Waals surface area contributed by atoms with E-state index in [2.05, 4.69) is 22.5 Å². The van der Waals surface area contributed by atoms with Gasteiger partial charge in [0.2, 0.25) is 0 Å². The molecule has 2 aliphatic carbocycles. The van der Waals surface area contributed by atoms with Crippen molar-refractivity contribution in [1.82, 2.24) is 25.3 Å². The molecular weight excluding hydrogens is 847 g/mol. The number of fused-ring (bicyclic) bond motifs is 4. The summed E-state index contributed by atoms with van der Waals surface area (Å²) in [5.74, 6) is -2.51. The first kappa shape index (κ1) is 53.3. The van der Waals surface area contributed by atoms with Crippen molar-refractivity contribution in [3.8, 4) is 0 Å². The zero-order chi connectivity index (χ0) is 49.7. The van der Waals surface area contributed by atoms with Crippen LogP contribution < -0.4 is 10.6 Å². The van der Waals surface area contributed by atoms with Gasteiger partial charge in [-0.2, -0.15) is 0 Å². The second kappa shape index (κ2) is 24.5. The van der Waals surface area contributed by atoms with Crippen LogP contribution in [0.2, 0.25) is 0 Å². The van der Waals surface area contributed by atoms with E-state index in [1.807, 2.05) is 55.4 Å². The lowest BCUT2D eigenvalue weighted by Gasteiger charge is -2.24. The molecule has 0 radical (unpaired) electrons. The fourth-order valence-electron chi connectivity index (χ4n) is 8.43.